The van der Waals surface area contributed by atoms with E-state index in [1.165, 1.54) is 0 Å². The Kier molecular flexibility index (Phi) is 9.11. The number of halogens is 1. The highest BCUT2D eigenvalue weighted by molar-refractivity contribution is 14.1. The third-order valence-electron chi connectivity index (χ3n) is 2.08. The summed E-state index contributed by atoms with van der Waals surface area (Å²) in [5.74, 6) is -1.79. The minimum atomic E-state index is -0.800. The van der Waals surface area contributed by atoms with Gasteiger partial charge in [0.25, 0.3) is 0 Å². The molecular formula is C12H19IO4. The van der Waals surface area contributed by atoms with E-state index >= 15 is 0 Å². The maximum Gasteiger partial charge on any atom is 0.320 e. The lowest BCUT2D eigenvalue weighted by atomic mass is 10.0. The molecule has 0 aliphatic carbocycles. The minimum absolute atomic E-state index is 0.272. The van der Waals surface area contributed by atoms with Crippen molar-refractivity contribution < 1.29 is 19.1 Å². The summed E-state index contributed by atoms with van der Waals surface area (Å²) in [6.45, 7) is 7.74. The highest BCUT2D eigenvalue weighted by Gasteiger charge is 2.28. The summed E-state index contributed by atoms with van der Waals surface area (Å²) in [5.41, 5.74) is 0. The van der Waals surface area contributed by atoms with E-state index in [9.17, 15) is 9.59 Å². The quantitative estimate of drug-likeness (QED) is 0.382. The van der Waals surface area contributed by atoms with Crippen LogP contribution in [-0.2, 0) is 19.1 Å². The number of carbonyl (C=O) groups is 2. The molecule has 0 rings (SSSR count). The van der Waals surface area contributed by atoms with E-state index in [-0.39, 0.29) is 13.2 Å². The molecule has 4 nitrogen and oxygen atoms in total. The van der Waals surface area contributed by atoms with Gasteiger partial charge in [0.15, 0.2) is 5.92 Å². The zero-order valence-corrected chi connectivity index (χ0v) is 12.5. The van der Waals surface area contributed by atoms with Crippen molar-refractivity contribution in [3.8, 4) is 0 Å². The first-order chi connectivity index (χ1) is 8.02. The summed E-state index contributed by atoms with van der Waals surface area (Å²) in [5, 5.41) is 0. The molecule has 0 saturated heterocycles. The molecule has 0 aromatic carbocycles. The first kappa shape index (κ1) is 16.4. The predicted octanol–water partition coefficient (Wildman–Crippen LogP) is 2.85. The van der Waals surface area contributed by atoms with Gasteiger partial charge in [-0.3, -0.25) is 9.59 Å². The van der Waals surface area contributed by atoms with Crippen LogP contribution in [0.2, 0.25) is 0 Å². The second-order valence-electron chi connectivity index (χ2n) is 3.47. The Balaban J connectivity index is 4.34. The van der Waals surface area contributed by atoms with Gasteiger partial charge >= 0.3 is 11.9 Å². The maximum atomic E-state index is 11.6. The fourth-order valence-corrected chi connectivity index (χ4v) is 1.70. The Morgan fingerprint density at radius 3 is 2.00 bits per heavy atom. The maximum absolute atomic E-state index is 11.6. The van der Waals surface area contributed by atoms with Crippen LogP contribution in [0.25, 0.3) is 0 Å². The van der Waals surface area contributed by atoms with E-state index in [4.69, 9.17) is 9.47 Å². The van der Waals surface area contributed by atoms with Crippen molar-refractivity contribution in [1.82, 2.24) is 0 Å². The van der Waals surface area contributed by atoms with Gasteiger partial charge in [-0.15, -0.1) is 0 Å². The van der Waals surface area contributed by atoms with E-state index in [0.717, 1.165) is 16.4 Å². The number of hydrogen-bond acceptors (Lipinski definition) is 4. The Morgan fingerprint density at radius 2 is 1.65 bits per heavy atom. The van der Waals surface area contributed by atoms with Crippen LogP contribution in [0, 0.1) is 5.92 Å². The summed E-state index contributed by atoms with van der Waals surface area (Å²) in [6, 6.07) is 0. The summed E-state index contributed by atoms with van der Waals surface area (Å²) in [4.78, 5) is 23.2. The van der Waals surface area contributed by atoms with E-state index < -0.39 is 17.9 Å². The SMILES string of the molecule is C=C(I)CCCC(C(=O)OCC)C(=O)OCC. The molecule has 0 aliphatic rings. The first-order valence-electron chi connectivity index (χ1n) is 5.69. The third-order valence-corrected chi connectivity index (χ3v) is 2.62. The fourth-order valence-electron chi connectivity index (χ4n) is 1.32. The van der Waals surface area contributed by atoms with Crippen molar-refractivity contribution in [2.45, 2.75) is 33.1 Å². The molecule has 0 aliphatic heterocycles. The molecule has 0 atom stereocenters. The van der Waals surface area contributed by atoms with Gasteiger partial charge in [-0.25, -0.2) is 0 Å². The van der Waals surface area contributed by atoms with Gasteiger partial charge in [-0.05, 0) is 59.3 Å². The van der Waals surface area contributed by atoms with E-state index in [2.05, 4.69) is 29.2 Å². The molecule has 0 amide bonds. The Hall–Kier alpha value is -0.590. The number of esters is 2. The summed E-state index contributed by atoms with van der Waals surface area (Å²) < 4.78 is 10.7. The van der Waals surface area contributed by atoms with Gasteiger partial charge in [-0.2, -0.15) is 0 Å². The van der Waals surface area contributed by atoms with Crippen LogP contribution in [0.1, 0.15) is 33.1 Å². The Labute approximate surface area is 116 Å². The largest absolute Gasteiger partial charge is 0.465 e. The number of allylic oxidation sites excluding steroid dienone is 1. The van der Waals surface area contributed by atoms with Gasteiger partial charge in [-0.1, -0.05) is 6.58 Å². The smallest absolute Gasteiger partial charge is 0.320 e. The molecular weight excluding hydrogens is 335 g/mol. The molecule has 0 aromatic heterocycles. The van der Waals surface area contributed by atoms with Gasteiger partial charge in [0.2, 0.25) is 0 Å². The van der Waals surface area contributed by atoms with E-state index in [1.54, 1.807) is 13.8 Å². The Bertz CT molecular complexity index is 258. The molecule has 17 heavy (non-hydrogen) atoms. The number of hydrogen-bond donors (Lipinski definition) is 0. The van der Waals surface area contributed by atoms with Crippen molar-refractivity contribution >= 4 is 34.5 Å². The molecule has 0 spiro atoms. The number of rotatable bonds is 8. The average Bonchev–Trinajstić information content (AvgIpc) is 2.24. The molecule has 5 heteroatoms. The van der Waals surface area contributed by atoms with Gasteiger partial charge < -0.3 is 9.47 Å². The van der Waals surface area contributed by atoms with Crippen molar-refractivity contribution in [2.75, 3.05) is 13.2 Å². The van der Waals surface area contributed by atoms with E-state index in [0.29, 0.717) is 6.42 Å². The summed E-state index contributed by atoms with van der Waals surface area (Å²) in [6.07, 6.45) is 1.96. The van der Waals surface area contributed by atoms with Crippen LogP contribution in [-0.4, -0.2) is 25.2 Å². The first-order valence-corrected chi connectivity index (χ1v) is 6.77. The highest BCUT2D eigenvalue weighted by Crippen LogP contribution is 2.18. The number of ether oxygens (including phenoxy) is 2. The van der Waals surface area contributed by atoms with Gasteiger partial charge in [0, 0.05) is 0 Å². The standard InChI is InChI=1S/C12H19IO4/c1-4-16-11(14)10(12(15)17-5-2)8-6-7-9(3)13/h10H,3-8H2,1-2H3. The average molecular weight is 354 g/mol. The molecule has 0 radical (unpaired) electrons. The normalized spacial score (nSPS) is 10.1. The van der Waals surface area contributed by atoms with Crippen LogP contribution < -0.4 is 0 Å². The summed E-state index contributed by atoms with van der Waals surface area (Å²) in [7, 11) is 0. The van der Waals surface area contributed by atoms with Gasteiger partial charge in [0.1, 0.15) is 0 Å². The van der Waals surface area contributed by atoms with Crippen LogP contribution in [0.3, 0.4) is 0 Å². The minimum Gasteiger partial charge on any atom is -0.465 e. The zero-order valence-electron chi connectivity index (χ0n) is 10.3. The van der Waals surface area contributed by atoms with Crippen molar-refractivity contribution in [2.24, 2.45) is 5.92 Å². The molecule has 0 bridgehead atoms. The fraction of sp³-hybridized carbons (Fsp3) is 0.667. The lowest BCUT2D eigenvalue weighted by molar-refractivity contribution is -0.161. The van der Waals surface area contributed by atoms with Crippen LogP contribution >= 0.6 is 22.6 Å². The van der Waals surface area contributed by atoms with Crippen molar-refractivity contribution in [3.63, 3.8) is 0 Å². The van der Waals surface area contributed by atoms with Crippen LogP contribution in [0.15, 0.2) is 10.2 Å². The Morgan fingerprint density at radius 1 is 1.18 bits per heavy atom. The second kappa shape index (κ2) is 9.44. The molecule has 98 valence electrons. The van der Waals surface area contributed by atoms with Crippen LogP contribution in [0.4, 0.5) is 0 Å². The molecule has 0 saturated carbocycles. The molecule has 0 unspecified atom stereocenters. The predicted molar refractivity (Wildman–Crippen MR) is 73.8 cm³/mol. The number of carbonyl (C=O) groups excluding carboxylic acids is 2. The topological polar surface area (TPSA) is 52.6 Å². The van der Waals surface area contributed by atoms with Crippen molar-refractivity contribution in [3.05, 3.63) is 10.2 Å². The van der Waals surface area contributed by atoms with Gasteiger partial charge in [0.05, 0.1) is 13.2 Å². The second-order valence-corrected chi connectivity index (χ2v) is 4.99. The monoisotopic (exact) mass is 354 g/mol. The molecule has 0 heterocycles. The molecule has 0 aromatic rings. The van der Waals surface area contributed by atoms with Crippen LogP contribution in [0.5, 0.6) is 0 Å². The zero-order chi connectivity index (χ0) is 13.3. The van der Waals surface area contributed by atoms with Crippen molar-refractivity contribution in [1.29, 1.82) is 0 Å². The van der Waals surface area contributed by atoms with E-state index in [1.807, 2.05) is 0 Å². The third kappa shape index (κ3) is 7.36. The summed E-state index contributed by atoms with van der Waals surface area (Å²) >= 11 is 2.13. The lowest BCUT2D eigenvalue weighted by Crippen LogP contribution is -2.28. The highest BCUT2D eigenvalue weighted by atomic mass is 127. The lowest BCUT2D eigenvalue weighted by Gasteiger charge is -2.13. The molecule has 0 fully saturated rings. The molecule has 0 N–H and O–H groups in total.